The maximum atomic E-state index is 5.62. The molecule has 1 fully saturated rings. The molecule has 1 aliphatic carbocycles. The van der Waals surface area contributed by atoms with E-state index in [4.69, 9.17) is 4.74 Å². The predicted molar refractivity (Wildman–Crippen MR) is 60.4 cm³/mol. The minimum absolute atomic E-state index is 0.0477. The van der Waals surface area contributed by atoms with E-state index in [0.29, 0.717) is 4.83 Å². The molecule has 13 heavy (non-hydrogen) atoms. The van der Waals surface area contributed by atoms with E-state index in [-0.39, 0.29) is 5.60 Å². The molecule has 2 heteroatoms. The smallest absolute Gasteiger partial charge is 0.0861 e. The summed E-state index contributed by atoms with van der Waals surface area (Å²) in [6.07, 6.45) is 7.27. The van der Waals surface area contributed by atoms with Gasteiger partial charge in [-0.2, -0.15) is 0 Å². The van der Waals surface area contributed by atoms with Crippen molar-refractivity contribution in [2.45, 2.75) is 50.0 Å². The Morgan fingerprint density at radius 2 is 2.00 bits per heavy atom. The number of allylic oxidation sites excluding steroid dienone is 1. The third-order valence-electron chi connectivity index (χ3n) is 2.97. The molecular formula is C11H19BrO. The van der Waals surface area contributed by atoms with Crippen molar-refractivity contribution < 1.29 is 4.74 Å². The average molecular weight is 247 g/mol. The fourth-order valence-electron chi connectivity index (χ4n) is 1.91. The molecule has 1 unspecified atom stereocenters. The molecule has 0 N–H and O–H groups in total. The molecule has 1 nitrogen and oxygen atoms in total. The minimum Gasteiger partial charge on any atom is -0.374 e. The van der Waals surface area contributed by atoms with Crippen LogP contribution in [-0.4, -0.2) is 17.5 Å². The summed E-state index contributed by atoms with van der Waals surface area (Å²) in [6, 6.07) is 0. The molecule has 0 amide bonds. The van der Waals surface area contributed by atoms with E-state index in [1.54, 1.807) is 0 Å². The second kappa shape index (κ2) is 4.61. The maximum Gasteiger partial charge on any atom is 0.0861 e. The second-order valence-corrected chi connectivity index (χ2v) is 5.35. The summed E-state index contributed by atoms with van der Waals surface area (Å²) in [4.78, 5) is 0.458. The largest absolute Gasteiger partial charge is 0.374 e. The van der Waals surface area contributed by atoms with Crippen LogP contribution in [-0.2, 0) is 4.74 Å². The first kappa shape index (κ1) is 11.3. The maximum absolute atomic E-state index is 5.62. The zero-order chi connectivity index (χ0) is 9.90. The third kappa shape index (κ3) is 2.81. The summed E-state index contributed by atoms with van der Waals surface area (Å²) in [6.45, 7) is 4.32. The Labute approximate surface area is 89.7 Å². The van der Waals surface area contributed by atoms with Crippen molar-refractivity contribution in [3.63, 3.8) is 0 Å². The normalized spacial score (nSPS) is 24.8. The number of hydrogen-bond donors (Lipinski definition) is 0. The van der Waals surface area contributed by atoms with Crippen molar-refractivity contribution in [3.8, 4) is 0 Å². The summed E-state index contributed by atoms with van der Waals surface area (Å²) in [7, 11) is 1.83. The number of methoxy groups -OCH3 is 1. The Morgan fingerprint density at radius 3 is 2.38 bits per heavy atom. The summed E-state index contributed by atoms with van der Waals surface area (Å²) in [5.74, 6) is 0. The van der Waals surface area contributed by atoms with Crippen molar-refractivity contribution in [1.82, 2.24) is 0 Å². The number of alkyl halides is 1. The van der Waals surface area contributed by atoms with E-state index >= 15 is 0 Å². The molecule has 1 rings (SSSR count). The predicted octanol–water partition coefficient (Wildman–Crippen LogP) is 3.68. The number of ether oxygens (including phenoxy) is 1. The van der Waals surface area contributed by atoms with Crippen molar-refractivity contribution in [3.05, 3.63) is 11.6 Å². The summed E-state index contributed by atoms with van der Waals surface area (Å²) < 4.78 is 5.62. The van der Waals surface area contributed by atoms with Crippen molar-refractivity contribution in [2.75, 3.05) is 7.11 Å². The van der Waals surface area contributed by atoms with Gasteiger partial charge in [0, 0.05) is 11.9 Å². The first-order valence-electron chi connectivity index (χ1n) is 4.98. The monoisotopic (exact) mass is 246 g/mol. The van der Waals surface area contributed by atoms with Crippen LogP contribution in [0.25, 0.3) is 0 Å². The molecule has 1 atom stereocenters. The molecule has 1 saturated carbocycles. The van der Waals surface area contributed by atoms with Gasteiger partial charge in [-0.05, 0) is 26.7 Å². The van der Waals surface area contributed by atoms with Gasteiger partial charge in [-0.1, -0.05) is 40.4 Å². The molecule has 0 saturated heterocycles. The van der Waals surface area contributed by atoms with Crippen LogP contribution in [0.5, 0.6) is 0 Å². The number of rotatable bonds is 3. The van der Waals surface area contributed by atoms with E-state index in [9.17, 15) is 0 Å². The van der Waals surface area contributed by atoms with E-state index in [1.807, 2.05) is 7.11 Å². The lowest BCUT2D eigenvalue weighted by Crippen LogP contribution is -2.25. The molecule has 0 bridgehead atoms. The lowest BCUT2D eigenvalue weighted by molar-refractivity contribution is 0.0380. The van der Waals surface area contributed by atoms with Gasteiger partial charge in [0.2, 0.25) is 0 Å². The summed E-state index contributed by atoms with van der Waals surface area (Å²) >= 11 is 3.58. The zero-order valence-corrected chi connectivity index (χ0v) is 10.4. The third-order valence-corrected chi connectivity index (χ3v) is 3.70. The molecule has 0 aromatic rings. The van der Waals surface area contributed by atoms with E-state index in [1.165, 1.54) is 31.3 Å². The Kier molecular flexibility index (Phi) is 3.99. The highest BCUT2D eigenvalue weighted by molar-refractivity contribution is 9.09. The van der Waals surface area contributed by atoms with Crippen molar-refractivity contribution >= 4 is 15.9 Å². The topological polar surface area (TPSA) is 9.23 Å². The van der Waals surface area contributed by atoms with E-state index in [2.05, 4.69) is 35.9 Å². The highest BCUT2D eigenvalue weighted by Crippen LogP contribution is 2.35. The van der Waals surface area contributed by atoms with Crippen LogP contribution >= 0.6 is 15.9 Å². The van der Waals surface area contributed by atoms with Crippen LogP contribution in [0.4, 0.5) is 0 Å². The van der Waals surface area contributed by atoms with Crippen LogP contribution in [0.3, 0.4) is 0 Å². The van der Waals surface area contributed by atoms with Crippen molar-refractivity contribution in [2.24, 2.45) is 0 Å². The van der Waals surface area contributed by atoms with Crippen LogP contribution in [0.1, 0.15) is 39.5 Å². The second-order valence-electron chi connectivity index (χ2n) is 3.98. The lowest BCUT2D eigenvalue weighted by Gasteiger charge is -2.25. The summed E-state index contributed by atoms with van der Waals surface area (Å²) in [5, 5.41) is 0. The number of hydrogen-bond acceptors (Lipinski definition) is 1. The van der Waals surface area contributed by atoms with Gasteiger partial charge in [0.05, 0.1) is 5.60 Å². The first-order valence-corrected chi connectivity index (χ1v) is 5.90. The molecular weight excluding hydrogens is 228 g/mol. The Hall–Kier alpha value is 0.180. The molecule has 0 heterocycles. The van der Waals surface area contributed by atoms with Gasteiger partial charge in [0.15, 0.2) is 0 Å². The van der Waals surface area contributed by atoms with Gasteiger partial charge in [0.1, 0.15) is 0 Å². The number of halogens is 1. The van der Waals surface area contributed by atoms with Gasteiger partial charge >= 0.3 is 0 Å². The van der Waals surface area contributed by atoms with E-state index in [0.717, 1.165) is 0 Å². The molecule has 1 aliphatic rings. The van der Waals surface area contributed by atoms with Gasteiger partial charge in [0.25, 0.3) is 0 Å². The lowest BCUT2D eigenvalue weighted by atomic mass is 9.98. The fourth-order valence-corrected chi connectivity index (χ4v) is 2.04. The Bertz CT molecular complexity index is 190. The quantitative estimate of drug-likeness (QED) is 0.546. The molecule has 0 spiro atoms. The minimum atomic E-state index is 0.0477. The Balaban J connectivity index is 2.72. The fraction of sp³-hybridized carbons (Fsp3) is 0.818. The van der Waals surface area contributed by atoms with Gasteiger partial charge in [-0.15, -0.1) is 0 Å². The van der Waals surface area contributed by atoms with Crippen LogP contribution < -0.4 is 0 Å². The average Bonchev–Trinajstić information content (AvgIpc) is 2.54. The van der Waals surface area contributed by atoms with Crippen LogP contribution in [0, 0.1) is 0 Å². The van der Waals surface area contributed by atoms with Gasteiger partial charge < -0.3 is 4.74 Å². The molecule has 0 aromatic heterocycles. The first-order chi connectivity index (χ1) is 6.09. The van der Waals surface area contributed by atoms with Crippen LogP contribution in [0.15, 0.2) is 11.6 Å². The van der Waals surface area contributed by atoms with Crippen LogP contribution in [0.2, 0.25) is 0 Å². The van der Waals surface area contributed by atoms with E-state index < -0.39 is 0 Å². The molecule has 0 radical (unpaired) electrons. The highest BCUT2D eigenvalue weighted by Gasteiger charge is 2.31. The molecule has 0 aromatic carbocycles. The molecule has 0 aliphatic heterocycles. The van der Waals surface area contributed by atoms with Gasteiger partial charge in [-0.3, -0.25) is 0 Å². The zero-order valence-electron chi connectivity index (χ0n) is 8.77. The standard InChI is InChI=1S/C11H19BrO/c1-9(10(2)12)8-11(13-3)6-4-5-7-11/h8,10H,4-7H2,1-3H3/b9-8-. The van der Waals surface area contributed by atoms with Crippen molar-refractivity contribution in [1.29, 1.82) is 0 Å². The SMILES string of the molecule is COC1(/C=C(/C)C(C)Br)CCCC1. The summed E-state index contributed by atoms with van der Waals surface area (Å²) in [5.41, 5.74) is 1.43. The molecule has 76 valence electrons. The Morgan fingerprint density at radius 1 is 1.46 bits per heavy atom. The van der Waals surface area contributed by atoms with Gasteiger partial charge in [-0.25, -0.2) is 0 Å². The highest BCUT2D eigenvalue weighted by atomic mass is 79.9.